The smallest absolute Gasteiger partial charge is 0.317 e. The van der Waals surface area contributed by atoms with Crippen LogP contribution in [-0.4, -0.2) is 48.4 Å². The number of carboxylic acid groups (broad SMARTS) is 1. The zero-order chi connectivity index (χ0) is 18.9. The molecule has 4 rings (SSSR count). The van der Waals surface area contributed by atoms with Crippen LogP contribution >= 0.6 is 0 Å². The van der Waals surface area contributed by atoms with Crippen molar-refractivity contribution >= 4 is 12.0 Å². The van der Waals surface area contributed by atoms with E-state index in [2.05, 4.69) is 17.4 Å². The number of nitrogens with zero attached hydrogens (tertiary/aromatic N) is 1. The lowest BCUT2D eigenvalue weighted by molar-refractivity contribution is -0.141. The average Bonchev–Trinajstić information content (AvgIpc) is 3.35. The molecule has 1 aromatic carbocycles. The molecule has 7 heteroatoms. The van der Waals surface area contributed by atoms with Crippen LogP contribution in [-0.2, 0) is 10.2 Å². The third-order valence-electron chi connectivity index (χ3n) is 6.20. The van der Waals surface area contributed by atoms with Gasteiger partial charge in [-0.25, -0.2) is 4.79 Å². The fourth-order valence-corrected chi connectivity index (χ4v) is 4.53. The minimum Gasteiger partial charge on any atom is -0.481 e. The molecule has 1 aliphatic carbocycles. The average molecular weight is 374 g/mol. The van der Waals surface area contributed by atoms with Gasteiger partial charge in [-0.2, -0.15) is 0 Å². The van der Waals surface area contributed by atoms with Crippen LogP contribution in [0.1, 0.15) is 44.1 Å². The number of hydrogen-bond donors (Lipinski definition) is 2. The summed E-state index contributed by atoms with van der Waals surface area (Å²) in [5, 5.41) is 12.2. The van der Waals surface area contributed by atoms with E-state index in [1.165, 1.54) is 12.0 Å². The lowest BCUT2D eigenvalue weighted by atomic mass is 9.69. The Morgan fingerprint density at radius 2 is 1.96 bits per heavy atom. The normalized spacial score (nSPS) is 23.3. The number of fused-ring (bicyclic) bond motifs is 1. The summed E-state index contributed by atoms with van der Waals surface area (Å²) in [5.74, 6) is 0.265. The molecule has 0 aromatic heterocycles. The Morgan fingerprint density at radius 1 is 1.19 bits per heavy atom. The van der Waals surface area contributed by atoms with Crippen molar-refractivity contribution in [2.45, 2.75) is 43.9 Å². The second-order valence-corrected chi connectivity index (χ2v) is 7.84. The van der Waals surface area contributed by atoms with E-state index in [-0.39, 0.29) is 24.8 Å². The van der Waals surface area contributed by atoms with E-state index in [1.807, 2.05) is 6.07 Å². The van der Waals surface area contributed by atoms with Crippen LogP contribution in [0.3, 0.4) is 0 Å². The minimum atomic E-state index is -0.825. The van der Waals surface area contributed by atoms with Gasteiger partial charge in [-0.05, 0) is 37.0 Å². The van der Waals surface area contributed by atoms with E-state index in [0.29, 0.717) is 19.5 Å². The molecule has 146 valence electrons. The van der Waals surface area contributed by atoms with Crippen LogP contribution in [0.5, 0.6) is 11.5 Å². The number of likely N-dealkylation sites (tertiary alicyclic amines) is 1. The molecule has 2 amide bonds. The van der Waals surface area contributed by atoms with Crippen LogP contribution in [0.2, 0.25) is 0 Å². The van der Waals surface area contributed by atoms with Gasteiger partial charge in [0, 0.05) is 25.0 Å². The molecule has 2 aliphatic heterocycles. The van der Waals surface area contributed by atoms with Crippen LogP contribution in [0.4, 0.5) is 4.79 Å². The number of ether oxygens (including phenoxy) is 2. The molecule has 7 nitrogen and oxygen atoms in total. The molecule has 1 aromatic rings. The molecule has 1 atom stereocenters. The van der Waals surface area contributed by atoms with Crippen molar-refractivity contribution in [1.29, 1.82) is 0 Å². The zero-order valence-corrected chi connectivity index (χ0v) is 15.4. The van der Waals surface area contributed by atoms with Crippen molar-refractivity contribution in [2.75, 3.05) is 26.4 Å². The fourth-order valence-electron chi connectivity index (χ4n) is 4.53. The summed E-state index contributed by atoms with van der Waals surface area (Å²) >= 11 is 0. The summed E-state index contributed by atoms with van der Waals surface area (Å²) in [5.41, 5.74) is 1.07. The molecular weight excluding hydrogens is 348 g/mol. The first-order valence-corrected chi connectivity index (χ1v) is 9.73. The number of carbonyl (C=O) groups is 2. The van der Waals surface area contributed by atoms with Gasteiger partial charge < -0.3 is 24.8 Å². The van der Waals surface area contributed by atoms with E-state index in [4.69, 9.17) is 14.6 Å². The predicted octanol–water partition coefficient (Wildman–Crippen LogP) is 2.73. The quantitative estimate of drug-likeness (QED) is 0.846. The number of nitrogens with one attached hydrogen (secondary N) is 1. The molecule has 0 spiro atoms. The first-order valence-electron chi connectivity index (χ1n) is 9.73. The Morgan fingerprint density at radius 3 is 2.70 bits per heavy atom. The monoisotopic (exact) mass is 374 g/mol. The van der Waals surface area contributed by atoms with Crippen LogP contribution in [0, 0.1) is 5.92 Å². The number of carboxylic acids is 1. The molecule has 1 unspecified atom stereocenters. The van der Waals surface area contributed by atoms with E-state index >= 15 is 0 Å². The highest BCUT2D eigenvalue weighted by molar-refractivity contribution is 5.77. The van der Waals surface area contributed by atoms with Crippen molar-refractivity contribution in [2.24, 2.45) is 5.92 Å². The van der Waals surface area contributed by atoms with Gasteiger partial charge in [0.25, 0.3) is 0 Å². The Hall–Kier alpha value is -2.44. The molecule has 27 heavy (non-hydrogen) atoms. The van der Waals surface area contributed by atoms with Gasteiger partial charge in [0.05, 0.1) is 5.92 Å². The predicted molar refractivity (Wildman–Crippen MR) is 98.0 cm³/mol. The summed E-state index contributed by atoms with van der Waals surface area (Å²) in [4.78, 5) is 25.3. The van der Waals surface area contributed by atoms with Gasteiger partial charge in [-0.1, -0.05) is 25.3 Å². The third kappa shape index (κ3) is 3.55. The molecular formula is C20H26N2O5. The molecule has 2 heterocycles. The van der Waals surface area contributed by atoms with E-state index in [1.54, 1.807) is 4.90 Å². The Kier molecular flexibility index (Phi) is 4.85. The molecule has 3 aliphatic rings. The first kappa shape index (κ1) is 17.9. The summed E-state index contributed by atoms with van der Waals surface area (Å²) in [6, 6.07) is 5.93. The van der Waals surface area contributed by atoms with Crippen molar-refractivity contribution in [3.63, 3.8) is 0 Å². The summed E-state index contributed by atoms with van der Waals surface area (Å²) in [6.45, 7) is 1.60. The lowest BCUT2D eigenvalue weighted by Crippen LogP contribution is -2.46. The highest BCUT2D eigenvalue weighted by Gasteiger charge is 2.37. The molecule has 0 radical (unpaired) electrons. The maximum absolute atomic E-state index is 12.6. The lowest BCUT2D eigenvalue weighted by Gasteiger charge is -2.38. The first-order chi connectivity index (χ1) is 13.1. The summed E-state index contributed by atoms with van der Waals surface area (Å²) in [6.07, 6.45) is 6.04. The maximum atomic E-state index is 12.6. The second-order valence-electron chi connectivity index (χ2n) is 7.84. The molecule has 1 saturated heterocycles. The van der Waals surface area contributed by atoms with Crippen molar-refractivity contribution in [3.05, 3.63) is 23.8 Å². The van der Waals surface area contributed by atoms with Crippen LogP contribution < -0.4 is 14.8 Å². The number of benzene rings is 1. The van der Waals surface area contributed by atoms with Gasteiger partial charge in [-0.15, -0.1) is 0 Å². The highest BCUT2D eigenvalue weighted by atomic mass is 16.7. The maximum Gasteiger partial charge on any atom is 0.317 e. The van der Waals surface area contributed by atoms with Gasteiger partial charge in [0.2, 0.25) is 6.79 Å². The molecule has 2 fully saturated rings. The largest absolute Gasteiger partial charge is 0.481 e. The molecule has 1 saturated carbocycles. The van der Waals surface area contributed by atoms with E-state index in [9.17, 15) is 9.59 Å². The fraction of sp³-hybridized carbons (Fsp3) is 0.600. The van der Waals surface area contributed by atoms with Gasteiger partial charge >= 0.3 is 12.0 Å². The SMILES string of the molecule is O=C(O)C1CCN(C(=O)NCC2(c3ccc4c(c3)OCO4)CCCCC2)C1. The zero-order valence-electron chi connectivity index (χ0n) is 15.4. The van der Waals surface area contributed by atoms with E-state index in [0.717, 1.165) is 37.2 Å². The number of hydrogen-bond acceptors (Lipinski definition) is 4. The standard InChI is InChI=1S/C20H26N2O5/c23-18(24)14-6-9-22(11-14)19(25)21-12-20(7-2-1-3-8-20)15-4-5-16-17(10-15)27-13-26-16/h4-5,10,14H,1-3,6-9,11-13H2,(H,21,25)(H,23,24). The Bertz CT molecular complexity index is 729. The molecule has 2 N–H and O–H groups in total. The van der Waals surface area contributed by atoms with Gasteiger partial charge in [0.1, 0.15) is 0 Å². The number of carbonyl (C=O) groups excluding carboxylic acids is 1. The summed E-state index contributed by atoms with van der Waals surface area (Å²) in [7, 11) is 0. The highest BCUT2D eigenvalue weighted by Crippen LogP contribution is 2.43. The Labute approximate surface area is 158 Å². The number of rotatable bonds is 4. The van der Waals surface area contributed by atoms with Crippen LogP contribution in [0.15, 0.2) is 18.2 Å². The number of amides is 2. The van der Waals surface area contributed by atoms with Gasteiger partial charge in [0.15, 0.2) is 11.5 Å². The molecule has 0 bridgehead atoms. The van der Waals surface area contributed by atoms with Crippen molar-refractivity contribution in [1.82, 2.24) is 10.2 Å². The summed E-state index contributed by atoms with van der Waals surface area (Å²) < 4.78 is 11.0. The minimum absolute atomic E-state index is 0.110. The number of aliphatic carboxylic acids is 1. The third-order valence-corrected chi connectivity index (χ3v) is 6.20. The Balaban J connectivity index is 1.46. The van der Waals surface area contributed by atoms with Crippen molar-refractivity contribution < 1.29 is 24.2 Å². The van der Waals surface area contributed by atoms with Gasteiger partial charge in [-0.3, -0.25) is 4.79 Å². The second kappa shape index (κ2) is 7.29. The van der Waals surface area contributed by atoms with E-state index < -0.39 is 11.9 Å². The van der Waals surface area contributed by atoms with Crippen LogP contribution in [0.25, 0.3) is 0 Å². The van der Waals surface area contributed by atoms with Crippen molar-refractivity contribution in [3.8, 4) is 11.5 Å². The number of urea groups is 1. The topological polar surface area (TPSA) is 88.1 Å².